The van der Waals surface area contributed by atoms with E-state index in [0.29, 0.717) is 13.0 Å². The number of hydrogen-bond acceptors (Lipinski definition) is 3. The first-order valence-electron chi connectivity index (χ1n) is 6.38. The Hall–Kier alpha value is -0.810. The summed E-state index contributed by atoms with van der Waals surface area (Å²) in [5.74, 6) is 0.203. The highest BCUT2D eigenvalue weighted by Gasteiger charge is 2.32. The summed E-state index contributed by atoms with van der Waals surface area (Å²) in [6.45, 7) is 0.618. The molecule has 0 radical (unpaired) electrons. The van der Waals surface area contributed by atoms with Crippen molar-refractivity contribution in [3.05, 3.63) is 0 Å². The fourth-order valence-corrected chi connectivity index (χ4v) is 2.75. The maximum Gasteiger partial charge on any atom is 0.224 e. The number of nitrogens with one attached hydrogen (secondary N) is 1. The lowest BCUT2D eigenvalue weighted by Crippen LogP contribution is -2.51. The predicted molar refractivity (Wildman–Crippen MR) is 71.4 cm³/mol. The second-order valence-electron chi connectivity index (χ2n) is 5.22. The first-order valence-corrected chi connectivity index (χ1v) is 6.38. The van der Waals surface area contributed by atoms with Crippen molar-refractivity contribution in [1.29, 1.82) is 0 Å². The van der Waals surface area contributed by atoms with Crippen LogP contribution in [0, 0.1) is 5.92 Å². The van der Waals surface area contributed by atoms with Crippen molar-refractivity contribution in [2.24, 2.45) is 11.7 Å². The minimum Gasteiger partial charge on any atom is -0.351 e. The molecule has 2 rings (SSSR count). The Bertz CT molecular complexity index is 324. The molecule has 6 heteroatoms. The summed E-state index contributed by atoms with van der Waals surface area (Å²) in [5, 5.41) is 3.03. The third-order valence-corrected chi connectivity index (χ3v) is 3.88. The van der Waals surface area contributed by atoms with E-state index in [4.69, 9.17) is 5.73 Å². The van der Waals surface area contributed by atoms with E-state index in [2.05, 4.69) is 5.32 Å². The number of likely N-dealkylation sites (N-methyl/N-ethyl adjacent to an activating group) is 1. The maximum atomic E-state index is 12.0. The van der Waals surface area contributed by atoms with Crippen molar-refractivity contribution >= 4 is 24.2 Å². The topological polar surface area (TPSA) is 75.4 Å². The quantitative estimate of drug-likeness (QED) is 0.760. The number of piperidine rings is 1. The van der Waals surface area contributed by atoms with Gasteiger partial charge in [0.2, 0.25) is 11.8 Å². The fourth-order valence-electron chi connectivity index (χ4n) is 2.75. The summed E-state index contributed by atoms with van der Waals surface area (Å²) in [6, 6.07) is 0.107. The smallest absolute Gasteiger partial charge is 0.224 e. The third-order valence-electron chi connectivity index (χ3n) is 3.88. The highest BCUT2D eigenvalue weighted by atomic mass is 35.5. The molecular weight excluding hydrogens is 254 g/mol. The number of hydrogen-bond donors (Lipinski definition) is 2. The van der Waals surface area contributed by atoms with Gasteiger partial charge in [0.25, 0.3) is 0 Å². The van der Waals surface area contributed by atoms with Crippen LogP contribution in [-0.2, 0) is 9.59 Å². The maximum absolute atomic E-state index is 12.0. The summed E-state index contributed by atoms with van der Waals surface area (Å²) in [4.78, 5) is 25.0. The van der Waals surface area contributed by atoms with Crippen LogP contribution in [0.5, 0.6) is 0 Å². The first-order chi connectivity index (χ1) is 8.08. The van der Waals surface area contributed by atoms with Crippen molar-refractivity contribution in [2.75, 3.05) is 13.6 Å². The predicted octanol–water partition coefficient (Wildman–Crippen LogP) is 0.273. The van der Waals surface area contributed by atoms with E-state index in [0.717, 1.165) is 25.7 Å². The molecule has 1 saturated heterocycles. The Morgan fingerprint density at radius 1 is 1.39 bits per heavy atom. The summed E-state index contributed by atoms with van der Waals surface area (Å²) < 4.78 is 0. The molecule has 2 fully saturated rings. The molecule has 1 saturated carbocycles. The van der Waals surface area contributed by atoms with Gasteiger partial charge in [-0.1, -0.05) is 6.42 Å². The Labute approximate surface area is 114 Å². The van der Waals surface area contributed by atoms with E-state index in [1.54, 1.807) is 11.9 Å². The molecule has 1 heterocycles. The second-order valence-corrected chi connectivity index (χ2v) is 5.22. The van der Waals surface area contributed by atoms with Crippen LogP contribution in [0.15, 0.2) is 0 Å². The van der Waals surface area contributed by atoms with Gasteiger partial charge in [-0.3, -0.25) is 9.59 Å². The molecule has 1 aliphatic heterocycles. The molecule has 0 aromatic heterocycles. The molecule has 18 heavy (non-hydrogen) atoms. The van der Waals surface area contributed by atoms with Gasteiger partial charge in [0.05, 0.1) is 5.92 Å². The molecular formula is C12H22ClN3O2. The zero-order valence-corrected chi connectivity index (χ0v) is 11.5. The molecule has 0 spiro atoms. The molecule has 2 amide bonds. The third kappa shape index (κ3) is 3.36. The number of carbonyl (C=O) groups excluding carboxylic acids is 2. The lowest BCUT2D eigenvalue weighted by Gasteiger charge is -2.31. The van der Waals surface area contributed by atoms with Gasteiger partial charge in [0, 0.05) is 32.1 Å². The molecule has 0 aromatic rings. The monoisotopic (exact) mass is 275 g/mol. The molecule has 0 bridgehead atoms. The Morgan fingerprint density at radius 3 is 2.67 bits per heavy atom. The number of halogens is 1. The molecule has 104 valence electrons. The highest BCUT2D eigenvalue weighted by Crippen LogP contribution is 2.24. The molecule has 2 aliphatic rings. The summed E-state index contributed by atoms with van der Waals surface area (Å²) >= 11 is 0. The van der Waals surface area contributed by atoms with Crippen LogP contribution in [0.4, 0.5) is 0 Å². The summed E-state index contributed by atoms with van der Waals surface area (Å²) in [6.07, 6.45) is 4.16. The Balaban J connectivity index is 0.00000162. The molecule has 1 aliphatic carbocycles. The van der Waals surface area contributed by atoms with E-state index in [9.17, 15) is 9.59 Å². The van der Waals surface area contributed by atoms with Crippen molar-refractivity contribution in [2.45, 2.75) is 44.2 Å². The van der Waals surface area contributed by atoms with Gasteiger partial charge in [0.1, 0.15) is 0 Å². The number of carbonyl (C=O) groups is 2. The van der Waals surface area contributed by atoms with Gasteiger partial charge < -0.3 is 16.0 Å². The molecule has 3 atom stereocenters. The van der Waals surface area contributed by atoms with Crippen LogP contribution in [0.1, 0.15) is 32.1 Å². The highest BCUT2D eigenvalue weighted by molar-refractivity contribution is 5.85. The zero-order chi connectivity index (χ0) is 12.4. The zero-order valence-electron chi connectivity index (χ0n) is 10.7. The Kier molecular flexibility index (Phi) is 5.41. The van der Waals surface area contributed by atoms with E-state index >= 15 is 0 Å². The summed E-state index contributed by atoms with van der Waals surface area (Å²) in [5.41, 5.74) is 5.91. The van der Waals surface area contributed by atoms with Crippen LogP contribution in [-0.4, -0.2) is 42.4 Å². The van der Waals surface area contributed by atoms with Gasteiger partial charge in [-0.25, -0.2) is 0 Å². The van der Waals surface area contributed by atoms with E-state index in [1.165, 1.54) is 0 Å². The fraction of sp³-hybridized carbons (Fsp3) is 0.833. The van der Waals surface area contributed by atoms with Crippen LogP contribution in [0.25, 0.3) is 0 Å². The summed E-state index contributed by atoms with van der Waals surface area (Å²) in [7, 11) is 1.78. The van der Waals surface area contributed by atoms with Gasteiger partial charge in [-0.15, -0.1) is 12.4 Å². The van der Waals surface area contributed by atoms with Crippen molar-refractivity contribution in [3.8, 4) is 0 Å². The Morgan fingerprint density at radius 2 is 2.11 bits per heavy atom. The number of rotatable bonds is 2. The number of nitrogens with zero attached hydrogens (tertiary/aromatic N) is 1. The van der Waals surface area contributed by atoms with Crippen LogP contribution < -0.4 is 11.1 Å². The molecule has 3 unspecified atom stereocenters. The minimum atomic E-state index is -0.0297. The van der Waals surface area contributed by atoms with E-state index in [1.807, 2.05) is 0 Å². The number of amides is 2. The molecule has 0 aromatic carbocycles. The van der Waals surface area contributed by atoms with Gasteiger partial charge in [-0.2, -0.15) is 0 Å². The molecule has 3 N–H and O–H groups in total. The van der Waals surface area contributed by atoms with E-state index < -0.39 is 0 Å². The van der Waals surface area contributed by atoms with Crippen molar-refractivity contribution < 1.29 is 9.59 Å². The van der Waals surface area contributed by atoms with Crippen LogP contribution >= 0.6 is 12.4 Å². The van der Waals surface area contributed by atoms with E-state index in [-0.39, 0.29) is 42.2 Å². The molecule has 5 nitrogen and oxygen atoms in total. The largest absolute Gasteiger partial charge is 0.351 e. The van der Waals surface area contributed by atoms with Gasteiger partial charge >= 0.3 is 0 Å². The van der Waals surface area contributed by atoms with Crippen molar-refractivity contribution in [3.63, 3.8) is 0 Å². The minimum absolute atomic E-state index is 0. The van der Waals surface area contributed by atoms with Crippen LogP contribution in [0.3, 0.4) is 0 Å². The van der Waals surface area contributed by atoms with Gasteiger partial charge in [-0.05, 0) is 19.3 Å². The average Bonchev–Trinajstić information content (AvgIpc) is 2.70. The average molecular weight is 276 g/mol. The second kappa shape index (κ2) is 6.38. The van der Waals surface area contributed by atoms with Crippen LogP contribution in [0.2, 0.25) is 0 Å². The number of likely N-dealkylation sites (tertiary alicyclic amines) is 1. The number of nitrogens with two attached hydrogens (primary N) is 1. The lowest BCUT2D eigenvalue weighted by atomic mass is 10.0. The van der Waals surface area contributed by atoms with Gasteiger partial charge in [0.15, 0.2) is 0 Å². The SMILES string of the molecule is CN1CC(NC(=O)C2CCCC2N)CCC1=O.Cl. The first kappa shape index (κ1) is 15.2. The standard InChI is InChI=1S/C12H21N3O2.ClH/c1-15-7-8(5-6-11(15)16)14-12(17)9-3-2-4-10(9)13;/h8-10H,2-7,13H2,1H3,(H,14,17);1H. The normalized spacial score (nSPS) is 32.0. The van der Waals surface area contributed by atoms with Crippen molar-refractivity contribution in [1.82, 2.24) is 10.2 Å². The lowest BCUT2D eigenvalue weighted by molar-refractivity contribution is -0.134.